The molecule has 0 heterocycles. The second kappa shape index (κ2) is 5.63. The molecule has 78 valence electrons. The Morgan fingerprint density at radius 3 is 1.36 bits per heavy atom. The van der Waals surface area contributed by atoms with Gasteiger partial charge in [-0.05, 0) is 12.2 Å². The summed E-state index contributed by atoms with van der Waals surface area (Å²) >= 11 is 0. The van der Waals surface area contributed by atoms with Gasteiger partial charge in [-0.2, -0.15) is 0 Å². The normalized spacial score (nSPS) is 12.1. The van der Waals surface area contributed by atoms with Crippen LogP contribution in [0.1, 0.15) is 0 Å². The molecule has 0 saturated carbocycles. The Morgan fingerprint density at radius 2 is 1.21 bits per heavy atom. The van der Waals surface area contributed by atoms with Gasteiger partial charge in [0, 0.05) is 0 Å². The fourth-order valence-corrected chi connectivity index (χ4v) is 0.605. The predicted molar refractivity (Wildman–Crippen MR) is 45.5 cm³/mol. The molecule has 0 rings (SSSR count). The maximum Gasteiger partial charge on any atom is 0.371 e. The van der Waals surface area contributed by atoms with Crippen molar-refractivity contribution < 1.29 is 29.3 Å². The topological polar surface area (TPSA) is 93.1 Å². The van der Waals surface area contributed by atoms with Gasteiger partial charge < -0.3 is 19.7 Å². The zero-order valence-corrected chi connectivity index (χ0v) is 7.68. The van der Waals surface area contributed by atoms with Gasteiger partial charge in [-0.1, -0.05) is 0 Å². The van der Waals surface area contributed by atoms with Gasteiger partial charge in [0.1, 0.15) is 0 Å². The Hall–Kier alpha value is -1.98. The highest BCUT2D eigenvalue weighted by atomic mass is 16.5. The fourth-order valence-electron chi connectivity index (χ4n) is 0.605. The number of carbonyl (C=O) groups is 2. The lowest BCUT2D eigenvalue weighted by atomic mass is 10.3. The average Bonchev–Trinajstić information content (AvgIpc) is 2.11. The molecule has 0 amide bonds. The number of allylic oxidation sites excluding steroid dienone is 2. The molecule has 0 aromatic carbocycles. The van der Waals surface area contributed by atoms with E-state index < -0.39 is 11.9 Å². The van der Waals surface area contributed by atoms with E-state index in [0.29, 0.717) is 0 Å². The van der Waals surface area contributed by atoms with Crippen LogP contribution in [0.2, 0.25) is 0 Å². The summed E-state index contributed by atoms with van der Waals surface area (Å²) in [6.45, 7) is 0. The van der Waals surface area contributed by atoms with E-state index in [1.807, 2.05) is 0 Å². The van der Waals surface area contributed by atoms with Gasteiger partial charge in [-0.25, -0.2) is 9.59 Å². The van der Waals surface area contributed by atoms with Crippen LogP contribution < -0.4 is 0 Å². The van der Waals surface area contributed by atoms with Crippen LogP contribution in [0, 0.1) is 0 Å². The SMILES string of the molecule is COC(=CC=C(OC)C(=O)O)C(=O)O. The Balaban J connectivity index is 4.79. The number of rotatable bonds is 5. The van der Waals surface area contributed by atoms with Crippen molar-refractivity contribution in [3.05, 3.63) is 23.7 Å². The third-order valence-electron chi connectivity index (χ3n) is 1.25. The maximum absolute atomic E-state index is 10.4. The summed E-state index contributed by atoms with van der Waals surface area (Å²) in [7, 11) is 2.34. The van der Waals surface area contributed by atoms with Gasteiger partial charge in [0.15, 0.2) is 0 Å². The van der Waals surface area contributed by atoms with Crippen molar-refractivity contribution in [1.82, 2.24) is 0 Å². The second-order valence-electron chi connectivity index (χ2n) is 2.08. The first-order valence-corrected chi connectivity index (χ1v) is 3.49. The Kier molecular flexibility index (Phi) is 4.83. The Morgan fingerprint density at radius 1 is 0.929 bits per heavy atom. The monoisotopic (exact) mass is 202 g/mol. The molecule has 0 fully saturated rings. The van der Waals surface area contributed by atoms with E-state index in [1.54, 1.807) is 0 Å². The van der Waals surface area contributed by atoms with Crippen LogP contribution in [0.3, 0.4) is 0 Å². The fraction of sp³-hybridized carbons (Fsp3) is 0.250. The lowest BCUT2D eigenvalue weighted by Crippen LogP contribution is -2.04. The van der Waals surface area contributed by atoms with Gasteiger partial charge >= 0.3 is 11.9 Å². The van der Waals surface area contributed by atoms with E-state index >= 15 is 0 Å². The lowest BCUT2D eigenvalue weighted by molar-refractivity contribution is -0.137. The minimum Gasteiger partial charge on any atom is -0.490 e. The molecule has 6 heteroatoms. The minimum atomic E-state index is -1.29. The summed E-state index contributed by atoms with van der Waals surface area (Å²) in [4.78, 5) is 20.8. The van der Waals surface area contributed by atoms with E-state index in [0.717, 1.165) is 12.2 Å². The number of methoxy groups -OCH3 is 2. The molecular weight excluding hydrogens is 192 g/mol. The molecule has 0 unspecified atom stereocenters. The van der Waals surface area contributed by atoms with Crippen molar-refractivity contribution >= 4 is 11.9 Å². The lowest BCUT2D eigenvalue weighted by Gasteiger charge is -1.99. The highest BCUT2D eigenvalue weighted by Crippen LogP contribution is 2.00. The van der Waals surface area contributed by atoms with Crippen LogP contribution in [-0.4, -0.2) is 36.4 Å². The molecule has 0 saturated heterocycles. The van der Waals surface area contributed by atoms with E-state index in [4.69, 9.17) is 10.2 Å². The van der Waals surface area contributed by atoms with E-state index in [2.05, 4.69) is 9.47 Å². The van der Waals surface area contributed by atoms with Crippen molar-refractivity contribution in [3.63, 3.8) is 0 Å². The molecule has 6 nitrogen and oxygen atoms in total. The van der Waals surface area contributed by atoms with Crippen molar-refractivity contribution in [3.8, 4) is 0 Å². The molecular formula is C8H10O6. The minimum absolute atomic E-state index is 0.374. The molecule has 0 aliphatic heterocycles. The van der Waals surface area contributed by atoms with E-state index in [9.17, 15) is 9.59 Å². The van der Waals surface area contributed by atoms with E-state index in [-0.39, 0.29) is 11.5 Å². The third kappa shape index (κ3) is 3.61. The van der Waals surface area contributed by atoms with Gasteiger partial charge in [-0.3, -0.25) is 0 Å². The van der Waals surface area contributed by atoms with Gasteiger partial charge in [0.05, 0.1) is 14.2 Å². The summed E-state index contributed by atoms with van der Waals surface area (Å²) in [5.74, 6) is -3.32. The number of carboxylic acids is 2. The predicted octanol–water partition coefficient (Wildman–Crippen LogP) is 0.216. The number of hydrogen-bond acceptors (Lipinski definition) is 4. The molecule has 2 N–H and O–H groups in total. The zero-order chi connectivity index (χ0) is 11.1. The first-order chi connectivity index (χ1) is 6.52. The van der Waals surface area contributed by atoms with Crippen LogP contribution in [-0.2, 0) is 19.1 Å². The average molecular weight is 202 g/mol. The highest BCUT2D eigenvalue weighted by Gasteiger charge is 2.08. The van der Waals surface area contributed by atoms with Crippen LogP contribution in [0.4, 0.5) is 0 Å². The molecule has 0 aliphatic carbocycles. The molecule has 0 atom stereocenters. The van der Waals surface area contributed by atoms with E-state index in [1.165, 1.54) is 14.2 Å². The largest absolute Gasteiger partial charge is 0.490 e. The standard InChI is InChI=1S/C8H10O6/c1-13-5(7(9)10)3-4-6(14-2)8(11)12/h3-4H,1-2H3,(H,9,10)(H,11,12). The first-order valence-electron chi connectivity index (χ1n) is 3.49. The van der Waals surface area contributed by atoms with Crippen molar-refractivity contribution in [2.45, 2.75) is 0 Å². The molecule has 0 aromatic rings. The van der Waals surface area contributed by atoms with Crippen LogP contribution >= 0.6 is 0 Å². The maximum atomic E-state index is 10.4. The Bertz CT molecular complexity index is 258. The second-order valence-corrected chi connectivity index (χ2v) is 2.08. The molecule has 0 bridgehead atoms. The Labute approximate surface area is 80.1 Å². The summed E-state index contributed by atoms with van der Waals surface area (Å²) in [6.07, 6.45) is 1.99. The molecule has 0 aliphatic rings. The number of aliphatic carboxylic acids is 2. The van der Waals surface area contributed by atoms with Crippen molar-refractivity contribution in [2.24, 2.45) is 0 Å². The van der Waals surface area contributed by atoms with Crippen molar-refractivity contribution in [1.29, 1.82) is 0 Å². The smallest absolute Gasteiger partial charge is 0.371 e. The van der Waals surface area contributed by atoms with Crippen molar-refractivity contribution in [2.75, 3.05) is 14.2 Å². The summed E-state index contributed by atoms with van der Waals surface area (Å²) < 4.78 is 8.91. The first kappa shape index (κ1) is 12.0. The third-order valence-corrected chi connectivity index (χ3v) is 1.25. The van der Waals surface area contributed by atoms with Crippen LogP contribution in [0.5, 0.6) is 0 Å². The number of hydrogen-bond donors (Lipinski definition) is 2. The number of ether oxygens (including phenoxy) is 2. The summed E-state index contributed by atoms with van der Waals surface area (Å²) in [5.41, 5.74) is 0. The zero-order valence-electron chi connectivity index (χ0n) is 7.68. The van der Waals surface area contributed by atoms with Crippen LogP contribution in [0.25, 0.3) is 0 Å². The number of carboxylic acid groups (broad SMARTS) is 2. The summed E-state index contributed by atoms with van der Waals surface area (Å²) in [6, 6.07) is 0. The molecule has 14 heavy (non-hydrogen) atoms. The summed E-state index contributed by atoms with van der Waals surface area (Å²) in [5, 5.41) is 17.0. The molecule has 0 radical (unpaired) electrons. The highest BCUT2D eigenvalue weighted by molar-refractivity contribution is 5.87. The molecule has 0 spiro atoms. The van der Waals surface area contributed by atoms with Gasteiger partial charge in [0.2, 0.25) is 11.5 Å². The molecule has 0 aromatic heterocycles. The quantitative estimate of drug-likeness (QED) is 0.376. The van der Waals surface area contributed by atoms with Gasteiger partial charge in [-0.15, -0.1) is 0 Å². The van der Waals surface area contributed by atoms with Crippen LogP contribution in [0.15, 0.2) is 23.7 Å². The van der Waals surface area contributed by atoms with Gasteiger partial charge in [0.25, 0.3) is 0 Å².